The first kappa shape index (κ1) is 22.2. The molecule has 0 saturated heterocycles. The van der Waals surface area contributed by atoms with Gasteiger partial charge in [-0.15, -0.1) is 0 Å². The smallest absolute Gasteiger partial charge is 0.240 e. The van der Waals surface area contributed by atoms with E-state index < -0.39 is 10.0 Å². The Morgan fingerprint density at radius 3 is 2.63 bits per heavy atom. The Balaban J connectivity index is 1.89. The minimum absolute atomic E-state index is 0.282. The van der Waals surface area contributed by atoms with E-state index in [2.05, 4.69) is 5.32 Å². The fourth-order valence-corrected chi connectivity index (χ4v) is 5.36. The Bertz CT molecular complexity index is 737. The number of nitrogens with one attached hydrogen (secondary N) is 1. The van der Waals surface area contributed by atoms with Crippen molar-refractivity contribution in [3.63, 3.8) is 0 Å². The number of carbonyl (C=O) groups excluding carboxylic acids is 1. The van der Waals surface area contributed by atoms with Crippen LogP contribution >= 0.6 is 23.4 Å². The molecule has 152 valence electrons. The quantitative estimate of drug-likeness (QED) is 0.603. The van der Waals surface area contributed by atoms with Crippen LogP contribution in [-0.4, -0.2) is 51.8 Å². The molecule has 0 unspecified atom stereocenters. The Hall–Kier alpha value is -1.12. The lowest BCUT2D eigenvalue weighted by atomic mass is 10.0. The van der Waals surface area contributed by atoms with Crippen LogP contribution in [0.2, 0.25) is 5.02 Å². The van der Waals surface area contributed by atoms with Gasteiger partial charge in [-0.25, -0.2) is 8.42 Å². The van der Waals surface area contributed by atoms with Gasteiger partial charge in [0.05, 0.1) is 24.1 Å². The number of rotatable bonds is 9. The lowest BCUT2D eigenvalue weighted by molar-refractivity contribution is -0.119. The summed E-state index contributed by atoms with van der Waals surface area (Å²) in [6, 6.07) is 4.63. The maximum absolute atomic E-state index is 12.2. The van der Waals surface area contributed by atoms with Gasteiger partial charge >= 0.3 is 0 Å². The van der Waals surface area contributed by atoms with E-state index in [1.165, 1.54) is 45.3 Å². The van der Waals surface area contributed by atoms with Crippen LogP contribution in [0.5, 0.6) is 5.75 Å². The van der Waals surface area contributed by atoms with Crippen LogP contribution in [0.15, 0.2) is 18.2 Å². The largest absolute Gasteiger partial charge is 0.495 e. The highest BCUT2D eigenvalue weighted by Gasteiger charge is 2.22. The van der Waals surface area contributed by atoms with Crippen molar-refractivity contribution in [3.05, 3.63) is 23.2 Å². The summed E-state index contributed by atoms with van der Waals surface area (Å²) in [5.41, 5.74) is 0.329. The third kappa shape index (κ3) is 7.08. The number of amides is 1. The van der Waals surface area contributed by atoms with Gasteiger partial charge in [-0.1, -0.05) is 30.9 Å². The minimum atomic E-state index is -3.63. The van der Waals surface area contributed by atoms with Crippen molar-refractivity contribution in [2.75, 3.05) is 36.5 Å². The van der Waals surface area contributed by atoms with E-state index in [1.54, 1.807) is 12.1 Å². The van der Waals surface area contributed by atoms with E-state index in [0.29, 0.717) is 23.2 Å². The summed E-state index contributed by atoms with van der Waals surface area (Å²) < 4.78 is 30.4. The molecule has 1 saturated carbocycles. The van der Waals surface area contributed by atoms with Crippen LogP contribution < -0.4 is 14.4 Å². The number of ether oxygens (including phenoxy) is 1. The van der Waals surface area contributed by atoms with Crippen LogP contribution in [0.4, 0.5) is 5.69 Å². The maximum Gasteiger partial charge on any atom is 0.240 e. The van der Waals surface area contributed by atoms with Crippen molar-refractivity contribution in [1.29, 1.82) is 0 Å². The van der Waals surface area contributed by atoms with Gasteiger partial charge < -0.3 is 10.1 Å². The number of methoxy groups -OCH3 is 1. The Kier molecular flexibility index (Phi) is 8.57. The van der Waals surface area contributed by atoms with E-state index in [-0.39, 0.29) is 17.5 Å². The monoisotopic (exact) mass is 434 g/mol. The molecule has 1 aliphatic carbocycles. The topological polar surface area (TPSA) is 75.7 Å². The van der Waals surface area contributed by atoms with E-state index in [9.17, 15) is 13.2 Å². The zero-order valence-corrected chi connectivity index (χ0v) is 18.1. The zero-order chi connectivity index (χ0) is 19.9. The first-order valence-corrected chi connectivity index (χ1v) is 12.3. The van der Waals surface area contributed by atoms with Gasteiger partial charge in [-0.3, -0.25) is 9.10 Å². The van der Waals surface area contributed by atoms with Crippen LogP contribution in [-0.2, 0) is 14.8 Å². The summed E-state index contributed by atoms with van der Waals surface area (Å²) in [6.45, 7) is 0.247. The maximum atomic E-state index is 12.2. The van der Waals surface area contributed by atoms with Gasteiger partial charge in [0.1, 0.15) is 12.3 Å². The molecule has 9 heteroatoms. The first-order chi connectivity index (χ1) is 12.8. The van der Waals surface area contributed by atoms with Crippen molar-refractivity contribution in [2.45, 2.75) is 37.4 Å². The molecule has 1 aromatic carbocycles. The Morgan fingerprint density at radius 2 is 2.04 bits per heavy atom. The molecule has 1 aromatic rings. The van der Waals surface area contributed by atoms with Crippen LogP contribution in [0.1, 0.15) is 32.1 Å². The van der Waals surface area contributed by atoms with Gasteiger partial charge in [0, 0.05) is 17.5 Å². The van der Waals surface area contributed by atoms with Crippen molar-refractivity contribution in [3.8, 4) is 5.75 Å². The lowest BCUT2D eigenvalue weighted by Gasteiger charge is -2.23. The summed E-state index contributed by atoms with van der Waals surface area (Å²) in [5.74, 6) is 0.943. The predicted molar refractivity (Wildman–Crippen MR) is 113 cm³/mol. The van der Waals surface area contributed by atoms with E-state index in [0.717, 1.165) is 16.3 Å². The second kappa shape index (κ2) is 10.4. The number of hydrogen-bond acceptors (Lipinski definition) is 5. The summed E-state index contributed by atoms with van der Waals surface area (Å²) in [4.78, 5) is 12.2. The Labute approximate surface area is 171 Å². The molecule has 0 aromatic heterocycles. The van der Waals surface area contributed by atoms with E-state index in [4.69, 9.17) is 16.3 Å². The number of halogens is 1. The number of hydrogen-bond donors (Lipinski definition) is 1. The third-order valence-electron chi connectivity index (χ3n) is 4.44. The van der Waals surface area contributed by atoms with Crippen molar-refractivity contribution < 1.29 is 17.9 Å². The average molecular weight is 435 g/mol. The van der Waals surface area contributed by atoms with Crippen molar-refractivity contribution >= 4 is 45.0 Å². The van der Waals surface area contributed by atoms with Crippen molar-refractivity contribution in [2.24, 2.45) is 0 Å². The van der Waals surface area contributed by atoms with Gasteiger partial charge in [-0.05, 0) is 31.0 Å². The third-order valence-corrected chi connectivity index (χ3v) is 7.26. The molecule has 0 aliphatic heterocycles. The van der Waals surface area contributed by atoms with Gasteiger partial charge in [0.2, 0.25) is 15.9 Å². The Morgan fingerprint density at radius 1 is 1.33 bits per heavy atom. The molecule has 0 heterocycles. The molecule has 1 N–H and O–H groups in total. The number of thioether (sulfide) groups is 1. The normalized spacial score (nSPS) is 15.4. The lowest BCUT2D eigenvalue weighted by Crippen LogP contribution is -2.41. The molecule has 1 fully saturated rings. The van der Waals surface area contributed by atoms with Gasteiger partial charge in [0.25, 0.3) is 0 Å². The molecule has 0 radical (unpaired) electrons. The molecule has 0 spiro atoms. The number of benzene rings is 1. The predicted octanol–water partition coefficient (Wildman–Crippen LogP) is 3.30. The molecule has 0 bridgehead atoms. The van der Waals surface area contributed by atoms with Gasteiger partial charge in [-0.2, -0.15) is 11.8 Å². The molecule has 1 aliphatic rings. The highest BCUT2D eigenvalue weighted by Crippen LogP contribution is 2.30. The molecule has 27 heavy (non-hydrogen) atoms. The number of carbonyl (C=O) groups is 1. The molecule has 1 amide bonds. The van der Waals surface area contributed by atoms with E-state index >= 15 is 0 Å². The molecular weight excluding hydrogens is 408 g/mol. The summed E-state index contributed by atoms with van der Waals surface area (Å²) >= 11 is 7.97. The molecule has 2 rings (SSSR count). The summed E-state index contributed by atoms with van der Waals surface area (Å²) in [6.07, 6.45) is 7.47. The second-order valence-electron chi connectivity index (χ2n) is 6.57. The van der Waals surface area contributed by atoms with Crippen molar-refractivity contribution in [1.82, 2.24) is 5.32 Å². The second-order valence-corrected chi connectivity index (χ2v) is 10.3. The SMILES string of the molecule is COc1ccc(N(CC(=O)NCCSC2CCCCC2)S(C)(=O)=O)cc1Cl. The summed E-state index contributed by atoms with van der Waals surface area (Å²) in [5, 5.41) is 3.78. The standard InChI is InChI=1S/C18H27ClN2O4S2/c1-25-17-9-8-14(12-16(17)19)21(27(2,23)24)13-18(22)20-10-11-26-15-6-4-3-5-7-15/h8-9,12,15H,3-7,10-11,13H2,1-2H3,(H,20,22). The van der Waals surface area contributed by atoms with E-state index in [1.807, 2.05) is 11.8 Å². The molecular formula is C18H27ClN2O4S2. The minimum Gasteiger partial charge on any atom is -0.495 e. The average Bonchev–Trinajstić information content (AvgIpc) is 2.63. The fraction of sp³-hybridized carbons (Fsp3) is 0.611. The highest BCUT2D eigenvalue weighted by molar-refractivity contribution is 7.99. The zero-order valence-electron chi connectivity index (χ0n) is 15.7. The summed E-state index contributed by atoms with van der Waals surface area (Å²) in [7, 11) is -2.15. The number of anilines is 1. The molecule has 6 nitrogen and oxygen atoms in total. The van der Waals surface area contributed by atoms with Crippen LogP contribution in [0, 0.1) is 0 Å². The number of sulfonamides is 1. The fourth-order valence-electron chi connectivity index (χ4n) is 3.04. The highest BCUT2D eigenvalue weighted by atomic mass is 35.5. The van der Waals surface area contributed by atoms with Crippen LogP contribution in [0.3, 0.4) is 0 Å². The van der Waals surface area contributed by atoms with Gasteiger partial charge in [0.15, 0.2) is 0 Å². The van der Waals surface area contributed by atoms with Crippen LogP contribution in [0.25, 0.3) is 0 Å². The molecule has 0 atom stereocenters. The first-order valence-electron chi connectivity index (χ1n) is 9.01. The number of nitrogens with zero attached hydrogens (tertiary/aromatic N) is 1.